The summed E-state index contributed by atoms with van der Waals surface area (Å²) >= 11 is 6.15. The van der Waals surface area contributed by atoms with Crippen molar-refractivity contribution in [2.24, 2.45) is 5.92 Å². The normalized spacial score (nSPS) is 12.2. The van der Waals surface area contributed by atoms with Crippen LogP contribution in [0, 0.1) is 12.8 Å². The van der Waals surface area contributed by atoms with Crippen molar-refractivity contribution in [2.75, 3.05) is 23.9 Å². The topological polar surface area (TPSA) is 86.8 Å². The quantitative estimate of drug-likeness (QED) is 0.330. The summed E-state index contributed by atoms with van der Waals surface area (Å²) in [4.78, 5) is 28.4. The van der Waals surface area contributed by atoms with Crippen molar-refractivity contribution < 1.29 is 18.0 Å². The Labute approximate surface area is 236 Å². The van der Waals surface area contributed by atoms with Crippen LogP contribution >= 0.6 is 11.6 Å². The Hall–Kier alpha value is -3.36. The Bertz CT molecular complexity index is 1370. The molecule has 9 heteroatoms. The van der Waals surface area contributed by atoms with Crippen LogP contribution in [-0.2, 0) is 26.0 Å². The molecule has 0 aliphatic rings. The number of hydrogen-bond acceptors (Lipinski definition) is 4. The van der Waals surface area contributed by atoms with Gasteiger partial charge in [0, 0.05) is 18.1 Å². The Morgan fingerprint density at radius 1 is 0.923 bits per heavy atom. The van der Waals surface area contributed by atoms with Crippen LogP contribution in [0.5, 0.6) is 0 Å². The largest absolute Gasteiger partial charge is 0.354 e. The van der Waals surface area contributed by atoms with Gasteiger partial charge in [-0.1, -0.05) is 74.0 Å². The summed E-state index contributed by atoms with van der Waals surface area (Å²) in [5.74, 6) is -0.522. The van der Waals surface area contributed by atoms with Gasteiger partial charge in [-0.15, -0.1) is 0 Å². The number of carbonyl (C=O) groups excluding carboxylic acids is 2. The molecule has 0 fully saturated rings. The first-order valence-corrected chi connectivity index (χ1v) is 14.8. The lowest BCUT2D eigenvalue weighted by atomic mass is 10.1. The van der Waals surface area contributed by atoms with Crippen molar-refractivity contribution in [1.29, 1.82) is 0 Å². The van der Waals surface area contributed by atoms with E-state index in [0.29, 0.717) is 29.2 Å². The van der Waals surface area contributed by atoms with E-state index in [4.69, 9.17) is 11.6 Å². The first-order chi connectivity index (χ1) is 18.5. The molecule has 0 aliphatic heterocycles. The lowest BCUT2D eigenvalue weighted by molar-refractivity contribution is -0.138. The Balaban J connectivity index is 1.98. The lowest BCUT2D eigenvalue weighted by Gasteiger charge is -2.32. The first kappa shape index (κ1) is 30.2. The van der Waals surface area contributed by atoms with E-state index in [1.807, 2.05) is 44.2 Å². The van der Waals surface area contributed by atoms with Gasteiger partial charge >= 0.3 is 0 Å². The summed E-state index contributed by atoms with van der Waals surface area (Å²) in [6.45, 7) is 7.64. The minimum Gasteiger partial charge on any atom is -0.354 e. The molecule has 1 atom stereocenters. The number of benzene rings is 3. The third-order valence-electron chi connectivity index (χ3n) is 6.37. The van der Waals surface area contributed by atoms with Gasteiger partial charge in [0.1, 0.15) is 12.6 Å². The van der Waals surface area contributed by atoms with Crippen molar-refractivity contribution in [1.82, 2.24) is 10.2 Å². The Morgan fingerprint density at radius 3 is 2.13 bits per heavy atom. The second-order valence-corrected chi connectivity index (χ2v) is 12.2. The molecule has 3 aromatic carbocycles. The smallest absolute Gasteiger partial charge is 0.264 e. The van der Waals surface area contributed by atoms with Crippen molar-refractivity contribution >= 4 is 39.1 Å². The molecule has 3 aromatic rings. The van der Waals surface area contributed by atoms with Crippen LogP contribution in [0.4, 0.5) is 5.69 Å². The predicted molar refractivity (Wildman–Crippen MR) is 156 cm³/mol. The first-order valence-electron chi connectivity index (χ1n) is 13.0. The van der Waals surface area contributed by atoms with Crippen LogP contribution in [0.15, 0.2) is 83.8 Å². The molecule has 0 spiro atoms. The van der Waals surface area contributed by atoms with Crippen molar-refractivity contribution in [3.05, 3.63) is 95.0 Å². The number of nitrogens with zero attached hydrogens (tertiary/aromatic N) is 2. The highest BCUT2D eigenvalue weighted by Crippen LogP contribution is 2.29. The fourth-order valence-corrected chi connectivity index (χ4v) is 5.88. The summed E-state index contributed by atoms with van der Waals surface area (Å²) in [5, 5.41) is 3.35. The number of nitrogens with one attached hydrogen (secondary N) is 1. The number of anilines is 1. The van der Waals surface area contributed by atoms with Gasteiger partial charge < -0.3 is 10.2 Å². The lowest BCUT2D eigenvalue weighted by Crippen LogP contribution is -2.52. The molecule has 0 heterocycles. The number of carbonyl (C=O) groups is 2. The molecule has 2 amide bonds. The van der Waals surface area contributed by atoms with Crippen molar-refractivity contribution in [2.45, 2.75) is 45.1 Å². The number of amides is 2. The van der Waals surface area contributed by atoms with E-state index < -0.39 is 28.5 Å². The predicted octanol–water partition coefficient (Wildman–Crippen LogP) is 5.08. The molecule has 7 nitrogen and oxygen atoms in total. The van der Waals surface area contributed by atoms with Crippen LogP contribution < -0.4 is 9.62 Å². The zero-order chi connectivity index (χ0) is 28.6. The van der Waals surface area contributed by atoms with Crippen LogP contribution in [0.1, 0.15) is 31.9 Å². The molecule has 1 N–H and O–H groups in total. The van der Waals surface area contributed by atoms with E-state index in [9.17, 15) is 18.0 Å². The second-order valence-electron chi connectivity index (χ2n) is 9.89. The fraction of sp³-hybridized carbons (Fsp3) is 0.333. The highest BCUT2D eigenvalue weighted by atomic mass is 35.5. The highest BCUT2D eigenvalue weighted by Gasteiger charge is 2.32. The SMILES string of the molecule is Cc1cc(Cl)ccc1N(CC(=O)N(CCc1ccccc1)C(C)C(=O)NCC(C)C)S(=O)(=O)c1ccccc1. The average Bonchev–Trinajstić information content (AvgIpc) is 2.91. The second kappa shape index (κ2) is 13.6. The van der Waals surface area contributed by atoms with Crippen LogP contribution in [-0.4, -0.2) is 50.8 Å². The van der Waals surface area contributed by atoms with Gasteiger partial charge in [0.15, 0.2) is 0 Å². The molecular weight excluding hydrogens is 534 g/mol. The van der Waals surface area contributed by atoms with Gasteiger partial charge in [-0.05, 0) is 67.6 Å². The van der Waals surface area contributed by atoms with Gasteiger partial charge in [-0.25, -0.2) is 8.42 Å². The van der Waals surface area contributed by atoms with Gasteiger partial charge in [0.2, 0.25) is 11.8 Å². The number of hydrogen-bond donors (Lipinski definition) is 1. The number of rotatable bonds is 12. The van der Waals surface area contributed by atoms with E-state index in [0.717, 1.165) is 9.87 Å². The zero-order valence-electron chi connectivity index (χ0n) is 22.8. The number of sulfonamides is 1. The third kappa shape index (κ3) is 8.07. The molecule has 0 aliphatic carbocycles. The molecular formula is C30H36ClN3O4S. The fourth-order valence-electron chi connectivity index (χ4n) is 4.15. The molecule has 39 heavy (non-hydrogen) atoms. The van der Waals surface area contributed by atoms with E-state index >= 15 is 0 Å². The van der Waals surface area contributed by atoms with Crippen LogP contribution in [0.3, 0.4) is 0 Å². The summed E-state index contributed by atoms with van der Waals surface area (Å²) in [5.41, 5.74) is 1.96. The summed E-state index contributed by atoms with van der Waals surface area (Å²) in [7, 11) is -4.11. The zero-order valence-corrected chi connectivity index (χ0v) is 24.4. The minimum atomic E-state index is -4.11. The van der Waals surface area contributed by atoms with Crippen LogP contribution in [0.25, 0.3) is 0 Å². The molecule has 0 radical (unpaired) electrons. The highest BCUT2D eigenvalue weighted by molar-refractivity contribution is 7.92. The minimum absolute atomic E-state index is 0.0608. The van der Waals surface area contributed by atoms with Gasteiger partial charge in [0.25, 0.3) is 10.0 Å². The molecule has 3 rings (SSSR count). The van der Waals surface area contributed by atoms with Crippen molar-refractivity contribution in [3.63, 3.8) is 0 Å². The molecule has 1 unspecified atom stereocenters. The maximum Gasteiger partial charge on any atom is 0.264 e. The summed E-state index contributed by atoms with van der Waals surface area (Å²) < 4.78 is 28.8. The van der Waals surface area contributed by atoms with E-state index in [-0.39, 0.29) is 23.3 Å². The van der Waals surface area contributed by atoms with E-state index in [2.05, 4.69) is 5.32 Å². The number of aryl methyl sites for hydroxylation is 1. The molecule has 0 saturated heterocycles. The molecule has 0 aromatic heterocycles. The standard InChI is InChI=1S/C30H36ClN3O4S/c1-22(2)20-32-30(36)24(4)33(18-17-25-11-7-5-8-12-25)29(35)21-34(28-16-15-26(31)19-23(28)3)39(37,38)27-13-9-6-10-14-27/h5-16,19,22,24H,17-18,20-21H2,1-4H3,(H,32,36). The maximum absolute atomic E-state index is 13.9. The van der Waals surface area contributed by atoms with Gasteiger partial charge in [0.05, 0.1) is 10.6 Å². The van der Waals surface area contributed by atoms with Crippen molar-refractivity contribution in [3.8, 4) is 0 Å². The average molecular weight is 570 g/mol. The number of halogens is 1. The van der Waals surface area contributed by atoms with Crippen LogP contribution in [0.2, 0.25) is 5.02 Å². The van der Waals surface area contributed by atoms with Gasteiger partial charge in [-0.3, -0.25) is 13.9 Å². The summed E-state index contributed by atoms with van der Waals surface area (Å²) in [6.07, 6.45) is 0.514. The summed E-state index contributed by atoms with van der Waals surface area (Å²) in [6, 6.07) is 21.7. The molecule has 0 bridgehead atoms. The third-order valence-corrected chi connectivity index (χ3v) is 8.38. The molecule has 208 valence electrons. The van der Waals surface area contributed by atoms with Gasteiger partial charge in [-0.2, -0.15) is 0 Å². The molecule has 0 saturated carbocycles. The van der Waals surface area contributed by atoms with E-state index in [1.165, 1.54) is 17.0 Å². The Morgan fingerprint density at radius 2 is 1.54 bits per heavy atom. The van der Waals surface area contributed by atoms with E-state index in [1.54, 1.807) is 50.2 Å². The maximum atomic E-state index is 13.9. The Kier molecular flexibility index (Phi) is 10.5. The monoisotopic (exact) mass is 569 g/mol.